The Bertz CT molecular complexity index is 347. The summed E-state index contributed by atoms with van der Waals surface area (Å²) in [6.45, 7) is 8.58. The number of fused-ring (bicyclic) bond motifs is 1. The van der Waals surface area contributed by atoms with E-state index in [1.54, 1.807) is 0 Å². The first-order valence-electron chi connectivity index (χ1n) is 5.01. The van der Waals surface area contributed by atoms with E-state index in [0.29, 0.717) is 5.92 Å². The van der Waals surface area contributed by atoms with E-state index in [-0.39, 0.29) is 0 Å². The molecule has 0 spiro atoms. The van der Waals surface area contributed by atoms with Gasteiger partial charge in [0.15, 0.2) is 0 Å². The highest BCUT2D eigenvalue weighted by Gasteiger charge is 2.23. The topological polar surface area (TPSA) is 0 Å². The van der Waals surface area contributed by atoms with E-state index in [4.69, 9.17) is 0 Å². The van der Waals surface area contributed by atoms with Gasteiger partial charge in [0.25, 0.3) is 0 Å². The molecule has 0 amide bonds. The van der Waals surface area contributed by atoms with Crippen LogP contribution in [0.25, 0.3) is 5.57 Å². The molecule has 0 unspecified atom stereocenters. The second kappa shape index (κ2) is 3.02. The highest BCUT2D eigenvalue weighted by molar-refractivity contribution is 5.73. The monoisotopic (exact) mass is 172 g/mol. The summed E-state index contributed by atoms with van der Waals surface area (Å²) in [5.41, 5.74) is 5.59. The Morgan fingerprint density at radius 2 is 2.23 bits per heavy atom. The molecular weight excluding hydrogens is 156 g/mol. The summed E-state index contributed by atoms with van der Waals surface area (Å²) in [4.78, 5) is 0. The molecule has 2 rings (SSSR count). The van der Waals surface area contributed by atoms with Gasteiger partial charge in [-0.05, 0) is 42.4 Å². The summed E-state index contributed by atoms with van der Waals surface area (Å²) in [6.07, 6.45) is 2.41. The van der Waals surface area contributed by atoms with Gasteiger partial charge in [0.05, 0.1) is 0 Å². The van der Waals surface area contributed by atoms with Crippen LogP contribution in [-0.2, 0) is 6.42 Å². The first-order valence-corrected chi connectivity index (χ1v) is 5.01. The maximum absolute atomic E-state index is 4.19. The summed E-state index contributed by atoms with van der Waals surface area (Å²) in [7, 11) is 0. The number of benzene rings is 1. The van der Waals surface area contributed by atoms with Gasteiger partial charge in [0.1, 0.15) is 0 Å². The Kier molecular flexibility index (Phi) is 1.99. The molecule has 0 bridgehead atoms. The van der Waals surface area contributed by atoms with Crippen molar-refractivity contribution in [1.29, 1.82) is 0 Å². The molecule has 0 nitrogen and oxygen atoms in total. The fourth-order valence-electron chi connectivity index (χ4n) is 2.17. The standard InChI is InChI=1S/C13H16/c1-4-11-8-12-6-5-9(2)7-13(12)10(11)3/h5-7,11H,3-4,8H2,1-2H3/t11-/m0/s1. The molecule has 1 aromatic carbocycles. The molecule has 0 fully saturated rings. The fourth-order valence-corrected chi connectivity index (χ4v) is 2.17. The van der Waals surface area contributed by atoms with Gasteiger partial charge in [0, 0.05) is 0 Å². The summed E-state index contributed by atoms with van der Waals surface area (Å²) >= 11 is 0. The van der Waals surface area contributed by atoms with Gasteiger partial charge in [0.2, 0.25) is 0 Å². The van der Waals surface area contributed by atoms with Crippen molar-refractivity contribution in [3.63, 3.8) is 0 Å². The third-order valence-corrected chi connectivity index (χ3v) is 3.06. The van der Waals surface area contributed by atoms with Crippen molar-refractivity contribution in [3.05, 3.63) is 41.5 Å². The predicted molar refractivity (Wildman–Crippen MR) is 57.7 cm³/mol. The maximum Gasteiger partial charge on any atom is -0.0124 e. The lowest BCUT2D eigenvalue weighted by Gasteiger charge is -2.06. The highest BCUT2D eigenvalue weighted by Crippen LogP contribution is 2.37. The largest absolute Gasteiger partial charge is 0.0949 e. The normalized spacial score (nSPS) is 20.5. The zero-order valence-corrected chi connectivity index (χ0v) is 8.43. The van der Waals surface area contributed by atoms with Crippen molar-refractivity contribution in [2.24, 2.45) is 5.92 Å². The van der Waals surface area contributed by atoms with Gasteiger partial charge in [-0.3, -0.25) is 0 Å². The first-order chi connectivity index (χ1) is 6.22. The number of hydrogen-bond donors (Lipinski definition) is 0. The van der Waals surface area contributed by atoms with Crippen LogP contribution in [0.2, 0.25) is 0 Å². The predicted octanol–water partition coefficient (Wildman–Crippen LogP) is 3.59. The van der Waals surface area contributed by atoms with E-state index < -0.39 is 0 Å². The Labute approximate surface area is 80.3 Å². The van der Waals surface area contributed by atoms with Crippen molar-refractivity contribution >= 4 is 5.57 Å². The SMILES string of the molecule is C=C1c2cc(C)ccc2C[C@@H]1CC. The van der Waals surface area contributed by atoms with Crippen molar-refractivity contribution in [3.8, 4) is 0 Å². The average molecular weight is 172 g/mol. The molecule has 1 aromatic rings. The summed E-state index contributed by atoms with van der Waals surface area (Å²) < 4.78 is 0. The lowest BCUT2D eigenvalue weighted by Crippen LogP contribution is -1.94. The van der Waals surface area contributed by atoms with Crippen molar-refractivity contribution in [2.45, 2.75) is 26.7 Å². The summed E-state index contributed by atoms with van der Waals surface area (Å²) in [6, 6.07) is 6.73. The second-order valence-electron chi connectivity index (χ2n) is 4.00. The number of aryl methyl sites for hydroxylation is 1. The van der Waals surface area contributed by atoms with Crippen molar-refractivity contribution in [2.75, 3.05) is 0 Å². The van der Waals surface area contributed by atoms with E-state index in [1.165, 1.54) is 35.1 Å². The molecular formula is C13H16. The molecule has 0 saturated carbocycles. The minimum Gasteiger partial charge on any atom is -0.0949 e. The Morgan fingerprint density at radius 1 is 1.46 bits per heavy atom. The molecule has 1 atom stereocenters. The highest BCUT2D eigenvalue weighted by atomic mass is 14.3. The maximum atomic E-state index is 4.19. The lowest BCUT2D eigenvalue weighted by atomic mass is 9.99. The van der Waals surface area contributed by atoms with Crippen LogP contribution in [0.15, 0.2) is 24.8 Å². The van der Waals surface area contributed by atoms with Gasteiger partial charge in [-0.2, -0.15) is 0 Å². The van der Waals surface area contributed by atoms with E-state index in [1.807, 2.05) is 0 Å². The molecule has 1 aliphatic rings. The minimum absolute atomic E-state index is 0.691. The van der Waals surface area contributed by atoms with Crippen LogP contribution in [0.5, 0.6) is 0 Å². The van der Waals surface area contributed by atoms with Crippen LogP contribution in [0.3, 0.4) is 0 Å². The number of rotatable bonds is 1. The second-order valence-corrected chi connectivity index (χ2v) is 4.00. The zero-order chi connectivity index (χ0) is 9.42. The molecule has 13 heavy (non-hydrogen) atoms. The third kappa shape index (κ3) is 1.31. The van der Waals surface area contributed by atoms with Crippen LogP contribution in [0.1, 0.15) is 30.0 Å². The summed E-state index contributed by atoms with van der Waals surface area (Å²) in [5, 5.41) is 0. The van der Waals surface area contributed by atoms with Gasteiger partial charge >= 0.3 is 0 Å². The van der Waals surface area contributed by atoms with Crippen molar-refractivity contribution < 1.29 is 0 Å². The molecule has 0 heteroatoms. The van der Waals surface area contributed by atoms with Crippen LogP contribution in [-0.4, -0.2) is 0 Å². The first kappa shape index (κ1) is 8.55. The van der Waals surface area contributed by atoms with Crippen LogP contribution in [0, 0.1) is 12.8 Å². The molecule has 0 radical (unpaired) electrons. The van der Waals surface area contributed by atoms with Gasteiger partial charge in [-0.1, -0.05) is 37.3 Å². The number of allylic oxidation sites excluding steroid dienone is 1. The fraction of sp³-hybridized carbons (Fsp3) is 0.385. The lowest BCUT2D eigenvalue weighted by molar-refractivity contribution is 0.669. The molecule has 0 aromatic heterocycles. The Morgan fingerprint density at radius 3 is 2.92 bits per heavy atom. The van der Waals surface area contributed by atoms with E-state index in [9.17, 15) is 0 Å². The quantitative estimate of drug-likeness (QED) is 0.607. The van der Waals surface area contributed by atoms with Crippen LogP contribution in [0.4, 0.5) is 0 Å². The third-order valence-electron chi connectivity index (χ3n) is 3.06. The van der Waals surface area contributed by atoms with Gasteiger partial charge in [-0.25, -0.2) is 0 Å². The van der Waals surface area contributed by atoms with Gasteiger partial charge in [-0.15, -0.1) is 0 Å². The van der Waals surface area contributed by atoms with Crippen molar-refractivity contribution in [1.82, 2.24) is 0 Å². The van der Waals surface area contributed by atoms with E-state index in [0.717, 1.165) is 0 Å². The summed E-state index contributed by atoms with van der Waals surface area (Å²) in [5.74, 6) is 0.691. The van der Waals surface area contributed by atoms with Crippen LogP contribution >= 0.6 is 0 Å². The number of hydrogen-bond acceptors (Lipinski definition) is 0. The smallest absolute Gasteiger partial charge is 0.0124 e. The minimum atomic E-state index is 0.691. The Balaban J connectivity index is 2.45. The molecule has 0 saturated heterocycles. The molecule has 68 valence electrons. The molecule has 0 N–H and O–H groups in total. The molecule has 0 heterocycles. The average Bonchev–Trinajstić information content (AvgIpc) is 2.44. The molecule has 1 aliphatic carbocycles. The van der Waals surface area contributed by atoms with E-state index in [2.05, 4.69) is 38.6 Å². The van der Waals surface area contributed by atoms with Gasteiger partial charge < -0.3 is 0 Å². The van der Waals surface area contributed by atoms with E-state index >= 15 is 0 Å². The zero-order valence-electron chi connectivity index (χ0n) is 8.43. The molecule has 0 aliphatic heterocycles. The Hall–Kier alpha value is -1.04. The van der Waals surface area contributed by atoms with Crippen LogP contribution < -0.4 is 0 Å².